The predicted molar refractivity (Wildman–Crippen MR) is 126 cm³/mol. The van der Waals surface area contributed by atoms with Crippen molar-refractivity contribution in [2.45, 2.75) is 42.8 Å². The van der Waals surface area contributed by atoms with Gasteiger partial charge in [0.05, 0.1) is 15.4 Å². The van der Waals surface area contributed by atoms with Crippen LogP contribution in [0, 0.1) is 6.92 Å². The zero-order valence-electron chi connectivity index (χ0n) is 18.8. The first-order valence-corrected chi connectivity index (χ1v) is 12.4. The standard InChI is InChI=1S/C27H24F3NO2S/c1-3-31-19(2)22(18-25(31)20-13-15-23(16-14-20)27(28,29)30)17-21-9-7-8-12-26(21)34(32,33)24-10-5-4-6-11-24/h4-16,18H,3,17H2,1-2H3. The van der Waals surface area contributed by atoms with Crippen molar-refractivity contribution in [3.8, 4) is 11.3 Å². The molecule has 0 unspecified atom stereocenters. The predicted octanol–water partition coefficient (Wildman–Crippen LogP) is 6.93. The van der Waals surface area contributed by atoms with Crippen molar-refractivity contribution in [1.29, 1.82) is 0 Å². The van der Waals surface area contributed by atoms with E-state index in [2.05, 4.69) is 0 Å². The first-order valence-electron chi connectivity index (χ1n) is 10.9. The second kappa shape index (κ2) is 9.14. The minimum absolute atomic E-state index is 0.232. The van der Waals surface area contributed by atoms with Crippen molar-refractivity contribution in [3.05, 3.63) is 107 Å². The van der Waals surface area contributed by atoms with Crippen molar-refractivity contribution in [2.24, 2.45) is 0 Å². The molecule has 0 fully saturated rings. The van der Waals surface area contributed by atoms with Crippen molar-refractivity contribution in [2.75, 3.05) is 0 Å². The van der Waals surface area contributed by atoms with Gasteiger partial charge in [-0.25, -0.2) is 8.42 Å². The van der Waals surface area contributed by atoms with E-state index in [4.69, 9.17) is 0 Å². The van der Waals surface area contributed by atoms with Crippen LogP contribution in [0.5, 0.6) is 0 Å². The highest BCUT2D eigenvalue weighted by atomic mass is 32.2. The average Bonchev–Trinajstić information content (AvgIpc) is 3.14. The van der Waals surface area contributed by atoms with E-state index in [9.17, 15) is 21.6 Å². The van der Waals surface area contributed by atoms with Gasteiger partial charge in [0.1, 0.15) is 0 Å². The molecular weight excluding hydrogens is 459 g/mol. The van der Waals surface area contributed by atoms with Crippen LogP contribution in [0.4, 0.5) is 13.2 Å². The number of hydrogen-bond acceptors (Lipinski definition) is 2. The molecule has 0 atom stereocenters. The van der Waals surface area contributed by atoms with Crippen molar-refractivity contribution >= 4 is 9.84 Å². The van der Waals surface area contributed by atoms with Gasteiger partial charge in [-0.2, -0.15) is 13.2 Å². The molecule has 0 saturated carbocycles. The second-order valence-electron chi connectivity index (χ2n) is 8.06. The Morgan fingerprint density at radius 1 is 0.824 bits per heavy atom. The summed E-state index contributed by atoms with van der Waals surface area (Å²) >= 11 is 0. The lowest BCUT2D eigenvalue weighted by atomic mass is 10.0. The van der Waals surface area contributed by atoms with E-state index >= 15 is 0 Å². The summed E-state index contributed by atoms with van der Waals surface area (Å²) in [7, 11) is -3.70. The van der Waals surface area contributed by atoms with Gasteiger partial charge in [-0.05, 0) is 66.9 Å². The number of sulfone groups is 1. The van der Waals surface area contributed by atoms with Crippen LogP contribution in [-0.4, -0.2) is 13.0 Å². The molecule has 4 rings (SSSR count). The van der Waals surface area contributed by atoms with Crippen molar-refractivity contribution in [3.63, 3.8) is 0 Å². The zero-order valence-corrected chi connectivity index (χ0v) is 19.6. The van der Waals surface area contributed by atoms with Crippen LogP contribution >= 0.6 is 0 Å². The Hall–Kier alpha value is -3.32. The molecule has 0 radical (unpaired) electrons. The Kier molecular flexibility index (Phi) is 6.41. The number of benzene rings is 3. The fourth-order valence-electron chi connectivity index (χ4n) is 4.20. The second-order valence-corrected chi connectivity index (χ2v) is 9.98. The monoisotopic (exact) mass is 483 g/mol. The largest absolute Gasteiger partial charge is 0.416 e. The van der Waals surface area contributed by atoms with Gasteiger partial charge in [0.25, 0.3) is 0 Å². The summed E-state index contributed by atoms with van der Waals surface area (Å²) in [5, 5.41) is 0. The van der Waals surface area contributed by atoms with E-state index in [1.165, 1.54) is 12.1 Å². The van der Waals surface area contributed by atoms with E-state index in [0.717, 1.165) is 29.1 Å². The molecule has 4 aromatic rings. The Morgan fingerprint density at radius 2 is 1.44 bits per heavy atom. The van der Waals surface area contributed by atoms with Crippen LogP contribution in [0.3, 0.4) is 0 Å². The van der Waals surface area contributed by atoms with Gasteiger partial charge in [0, 0.05) is 24.4 Å². The molecule has 0 bridgehead atoms. The van der Waals surface area contributed by atoms with Crippen LogP contribution in [0.1, 0.15) is 29.3 Å². The molecule has 1 aromatic heterocycles. The maximum absolute atomic E-state index is 13.3. The maximum Gasteiger partial charge on any atom is 0.416 e. The van der Waals surface area contributed by atoms with Gasteiger partial charge in [-0.3, -0.25) is 0 Å². The van der Waals surface area contributed by atoms with Crippen molar-refractivity contribution < 1.29 is 21.6 Å². The van der Waals surface area contributed by atoms with Gasteiger partial charge in [0.15, 0.2) is 0 Å². The molecule has 7 heteroatoms. The third kappa shape index (κ3) is 4.53. The van der Waals surface area contributed by atoms with Gasteiger partial charge in [-0.15, -0.1) is 0 Å². The summed E-state index contributed by atoms with van der Waals surface area (Å²) in [4.78, 5) is 0.483. The van der Waals surface area contributed by atoms with E-state index in [-0.39, 0.29) is 9.79 Å². The number of nitrogens with zero attached hydrogens (tertiary/aromatic N) is 1. The van der Waals surface area contributed by atoms with Gasteiger partial charge >= 0.3 is 6.18 Å². The highest BCUT2D eigenvalue weighted by Crippen LogP contribution is 2.33. The van der Waals surface area contributed by atoms with Crippen LogP contribution in [0.25, 0.3) is 11.3 Å². The summed E-state index contributed by atoms with van der Waals surface area (Å²) in [6.07, 6.45) is -4.00. The van der Waals surface area contributed by atoms with E-state index in [1.54, 1.807) is 48.5 Å². The van der Waals surface area contributed by atoms with E-state index in [0.29, 0.717) is 24.1 Å². The fourth-order valence-corrected chi connectivity index (χ4v) is 5.71. The molecule has 1 heterocycles. The van der Waals surface area contributed by atoms with Gasteiger partial charge < -0.3 is 4.57 Å². The topological polar surface area (TPSA) is 39.1 Å². The lowest BCUT2D eigenvalue weighted by Crippen LogP contribution is -2.06. The summed E-state index contributed by atoms with van der Waals surface area (Å²) in [5.74, 6) is 0. The van der Waals surface area contributed by atoms with Crippen LogP contribution in [0.15, 0.2) is 94.7 Å². The molecule has 0 saturated heterocycles. The highest BCUT2D eigenvalue weighted by molar-refractivity contribution is 7.91. The molecule has 176 valence electrons. The molecular formula is C27H24F3NO2S. The lowest BCUT2D eigenvalue weighted by Gasteiger charge is -2.12. The SMILES string of the molecule is CCn1c(-c2ccc(C(F)(F)F)cc2)cc(Cc2ccccc2S(=O)(=O)c2ccccc2)c1C. The summed E-state index contributed by atoms with van der Waals surface area (Å²) in [6.45, 7) is 4.55. The van der Waals surface area contributed by atoms with Gasteiger partial charge in [0.2, 0.25) is 9.84 Å². The molecule has 0 amide bonds. The van der Waals surface area contributed by atoms with Crippen LogP contribution < -0.4 is 0 Å². The Bertz CT molecular complexity index is 1400. The quantitative estimate of drug-likeness (QED) is 0.298. The molecule has 0 aliphatic carbocycles. The Morgan fingerprint density at radius 3 is 2.06 bits per heavy atom. The highest BCUT2D eigenvalue weighted by Gasteiger charge is 2.30. The van der Waals surface area contributed by atoms with E-state index < -0.39 is 21.6 Å². The number of aromatic nitrogens is 1. The fraction of sp³-hybridized carbons (Fsp3) is 0.185. The first-order chi connectivity index (χ1) is 16.1. The number of halogens is 3. The Labute approximate surface area is 197 Å². The maximum atomic E-state index is 13.3. The van der Waals surface area contributed by atoms with Gasteiger partial charge in [-0.1, -0.05) is 48.5 Å². The number of rotatable bonds is 6. The van der Waals surface area contributed by atoms with E-state index in [1.807, 2.05) is 30.5 Å². The molecule has 3 aromatic carbocycles. The third-order valence-corrected chi connectivity index (χ3v) is 7.86. The van der Waals surface area contributed by atoms with Crippen LogP contribution in [-0.2, 0) is 29.0 Å². The molecule has 0 aliphatic rings. The average molecular weight is 484 g/mol. The summed E-state index contributed by atoms with van der Waals surface area (Å²) in [6, 6.07) is 22.3. The molecule has 0 aliphatic heterocycles. The Balaban J connectivity index is 1.74. The summed E-state index contributed by atoms with van der Waals surface area (Å²) in [5.41, 5.74) is 3.32. The minimum atomic E-state index is -4.39. The zero-order chi connectivity index (χ0) is 24.5. The molecule has 34 heavy (non-hydrogen) atoms. The molecule has 0 N–H and O–H groups in total. The van der Waals surface area contributed by atoms with Crippen molar-refractivity contribution in [1.82, 2.24) is 4.57 Å². The smallest absolute Gasteiger partial charge is 0.345 e. The minimum Gasteiger partial charge on any atom is -0.345 e. The lowest BCUT2D eigenvalue weighted by molar-refractivity contribution is -0.137. The first kappa shape index (κ1) is 23.8. The molecule has 3 nitrogen and oxygen atoms in total. The third-order valence-electron chi connectivity index (χ3n) is 5.99. The number of alkyl halides is 3. The molecule has 0 spiro atoms. The normalized spacial score (nSPS) is 12.1. The summed E-state index contributed by atoms with van der Waals surface area (Å²) < 4.78 is 67.6. The van der Waals surface area contributed by atoms with Crippen LogP contribution in [0.2, 0.25) is 0 Å². The number of hydrogen-bond donors (Lipinski definition) is 0.